The fourth-order valence-electron chi connectivity index (χ4n) is 1.95. The van der Waals surface area contributed by atoms with Gasteiger partial charge in [-0.2, -0.15) is 0 Å². The van der Waals surface area contributed by atoms with Crippen LogP contribution >= 0.6 is 0 Å². The van der Waals surface area contributed by atoms with Crippen molar-refractivity contribution in [2.75, 3.05) is 0 Å². The molecular weight excluding hydrogens is 224 g/mol. The Kier molecular flexibility index (Phi) is 4.13. The first-order chi connectivity index (χ1) is 8.66. The van der Waals surface area contributed by atoms with E-state index >= 15 is 0 Å². The fraction of sp³-hybridized carbons (Fsp3) is 0.250. The highest BCUT2D eigenvalue weighted by Gasteiger charge is 2.14. The Morgan fingerprint density at radius 3 is 1.83 bits per heavy atom. The molecule has 2 nitrogen and oxygen atoms in total. The normalized spacial score (nSPS) is 14.2. The average molecular weight is 242 g/mol. The number of hydrogen-bond acceptors (Lipinski definition) is 2. The van der Waals surface area contributed by atoms with Crippen LogP contribution in [-0.2, 0) is 0 Å². The molecule has 2 atom stereocenters. The molecule has 2 N–H and O–H groups in total. The molecule has 0 saturated heterocycles. The molecule has 18 heavy (non-hydrogen) atoms. The highest BCUT2D eigenvalue weighted by Crippen LogP contribution is 2.26. The van der Waals surface area contributed by atoms with E-state index in [-0.39, 0.29) is 0 Å². The Morgan fingerprint density at radius 2 is 1.28 bits per heavy atom. The molecule has 0 aromatic heterocycles. The van der Waals surface area contributed by atoms with Crippen LogP contribution in [0.15, 0.2) is 54.6 Å². The van der Waals surface area contributed by atoms with Gasteiger partial charge in [0, 0.05) is 6.42 Å². The van der Waals surface area contributed by atoms with Gasteiger partial charge in [-0.05, 0) is 18.1 Å². The second kappa shape index (κ2) is 5.80. The lowest BCUT2D eigenvalue weighted by Crippen LogP contribution is -2.05. The van der Waals surface area contributed by atoms with Crippen molar-refractivity contribution in [1.29, 1.82) is 0 Å². The van der Waals surface area contributed by atoms with Gasteiger partial charge in [-0.25, -0.2) is 0 Å². The van der Waals surface area contributed by atoms with E-state index in [1.165, 1.54) is 0 Å². The van der Waals surface area contributed by atoms with Crippen molar-refractivity contribution in [1.82, 2.24) is 0 Å². The molecule has 0 unspecified atom stereocenters. The van der Waals surface area contributed by atoms with Gasteiger partial charge in [-0.3, -0.25) is 0 Å². The standard InChI is InChI=1S/C16H18O2/c1-12-7-9-14(10-8-12)16(18)11-15(17)13-5-3-2-4-6-13/h2-10,15-18H,11H2,1H3/t15-,16-/m0/s1. The first-order valence-electron chi connectivity index (χ1n) is 6.14. The molecule has 0 aliphatic carbocycles. The van der Waals surface area contributed by atoms with Gasteiger partial charge >= 0.3 is 0 Å². The van der Waals surface area contributed by atoms with E-state index in [9.17, 15) is 10.2 Å². The van der Waals surface area contributed by atoms with Gasteiger partial charge in [0.05, 0.1) is 12.2 Å². The summed E-state index contributed by atoms with van der Waals surface area (Å²) in [6.45, 7) is 2.01. The summed E-state index contributed by atoms with van der Waals surface area (Å²) in [7, 11) is 0. The molecule has 0 heterocycles. The van der Waals surface area contributed by atoms with Gasteiger partial charge in [0.15, 0.2) is 0 Å². The number of aliphatic hydroxyl groups excluding tert-OH is 2. The second-order valence-corrected chi connectivity index (χ2v) is 4.59. The summed E-state index contributed by atoms with van der Waals surface area (Å²) in [5, 5.41) is 20.1. The molecule has 0 saturated carbocycles. The van der Waals surface area contributed by atoms with E-state index in [2.05, 4.69) is 0 Å². The third-order valence-corrected chi connectivity index (χ3v) is 3.09. The average Bonchev–Trinajstić information content (AvgIpc) is 2.40. The van der Waals surface area contributed by atoms with Crippen molar-refractivity contribution < 1.29 is 10.2 Å². The zero-order valence-corrected chi connectivity index (χ0v) is 10.5. The summed E-state index contributed by atoms with van der Waals surface area (Å²) < 4.78 is 0. The summed E-state index contributed by atoms with van der Waals surface area (Å²) in [5.41, 5.74) is 2.84. The highest BCUT2D eigenvalue weighted by molar-refractivity contribution is 5.24. The lowest BCUT2D eigenvalue weighted by molar-refractivity contribution is 0.0804. The van der Waals surface area contributed by atoms with E-state index in [1.807, 2.05) is 61.5 Å². The lowest BCUT2D eigenvalue weighted by Gasteiger charge is -2.16. The van der Waals surface area contributed by atoms with Crippen LogP contribution < -0.4 is 0 Å². The molecule has 0 bridgehead atoms. The summed E-state index contributed by atoms with van der Waals surface area (Å²) in [6, 6.07) is 17.1. The number of rotatable bonds is 4. The molecule has 2 rings (SSSR count). The molecule has 2 aromatic carbocycles. The quantitative estimate of drug-likeness (QED) is 0.864. The van der Waals surface area contributed by atoms with Crippen LogP contribution in [0.4, 0.5) is 0 Å². The monoisotopic (exact) mass is 242 g/mol. The van der Waals surface area contributed by atoms with E-state index in [0.717, 1.165) is 16.7 Å². The summed E-state index contributed by atoms with van der Waals surface area (Å²) >= 11 is 0. The Bertz CT molecular complexity index is 476. The predicted octanol–water partition coefficient (Wildman–Crippen LogP) is 3.15. The maximum Gasteiger partial charge on any atom is 0.0818 e. The lowest BCUT2D eigenvalue weighted by atomic mass is 9.98. The van der Waals surface area contributed by atoms with Crippen LogP contribution in [-0.4, -0.2) is 10.2 Å². The van der Waals surface area contributed by atoms with Crippen molar-refractivity contribution in [3.8, 4) is 0 Å². The van der Waals surface area contributed by atoms with E-state index in [4.69, 9.17) is 0 Å². The van der Waals surface area contributed by atoms with Crippen LogP contribution in [0.2, 0.25) is 0 Å². The Balaban J connectivity index is 2.03. The second-order valence-electron chi connectivity index (χ2n) is 4.59. The molecular formula is C16H18O2. The first kappa shape index (κ1) is 12.8. The van der Waals surface area contributed by atoms with Crippen molar-refractivity contribution in [3.05, 3.63) is 71.3 Å². The summed E-state index contributed by atoms with van der Waals surface area (Å²) in [5.74, 6) is 0. The fourth-order valence-corrected chi connectivity index (χ4v) is 1.95. The maximum atomic E-state index is 10.1. The maximum absolute atomic E-state index is 10.1. The third-order valence-electron chi connectivity index (χ3n) is 3.09. The largest absolute Gasteiger partial charge is 0.388 e. The van der Waals surface area contributed by atoms with Gasteiger partial charge in [0.1, 0.15) is 0 Å². The van der Waals surface area contributed by atoms with Crippen molar-refractivity contribution in [3.63, 3.8) is 0 Å². The minimum absolute atomic E-state index is 0.313. The van der Waals surface area contributed by atoms with Gasteiger partial charge in [0.25, 0.3) is 0 Å². The van der Waals surface area contributed by atoms with Crippen molar-refractivity contribution in [2.24, 2.45) is 0 Å². The summed E-state index contributed by atoms with van der Waals surface area (Å²) in [6.07, 6.45) is -0.962. The smallest absolute Gasteiger partial charge is 0.0818 e. The number of hydrogen-bond donors (Lipinski definition) is 2. The van der Waals surface area contributed by atoms with Crippen LogP contribution in [0.25, 0.3) is 0 Å². The van der Waals surface area contributed by atoms with Gasteiger partial charge in [0.2, 0.25) is 0 Å². The van der Waals surface area contributed by atoms with E-state index in [0.29, 0.717) is 6.42 Å². The zero-order chi connectivity index (χ0) is 13.0. The Morgan fingerprint density at radius 1 is 0.778 bits per heavy atom. The Labute approximate surface area is 108 Å². The number of aryl methyl sites for hydroxylation is 1. The predicted molar refractivity (Wildman–Crippen MR) is 72.2 cm³/mol. The highest BCUT2D eigenvalue weighted by atomic mass is 16.3. The van der Waals surface area contributed by atoms with Crippen molar-refractivity contribution >= 4 is 0 Å². The molecule has 0 aliphatic rings. The number of benzene rings is 2. The van der Waals surface area contributed by atoms with Crippen LogP contribution in [0.5, 0.6) is 0 Å². The SMILES string of the molecule is Cc1ccc([C@@H](O)C[C@H](O)c2ccccc2)cc1. The van der Waals surface area contributed by atoms with Crippen LogP contribution in [0, 0.1) is 6.92 Å². The summed E-state index contributed by atoms with van der Waals surface area (Å²) in [4.78, 5) is 0. The third kappa shape index (κ3) is 3.19. The first-order valence-corrected chi connectivity index (χ1v) is 6.14. The van der Waals surface area contributed by atoms with Crippen LogP contribution in [0.3, 0.4) is 0 Å². The minimum Gasteiger partial charge on any atom is -0.388 e. The zero-order valence-electron chi connectivity index (χ0n) is 10.5. The molecule has 94 valence electrons. The number of aliphatic hydroxyl groups is 2. The van der Waals surface area contributed by atoms with Crippen molar-refractivity contribution in [2.45, 2.75) is 25.6 Å². The molecule has 0 aliphatic heterocycles. The molecule has 0 radical (unpaired) electrons. The molecule has 0 amide bonds. The van der Waals surface area contributed by atoms with Crippen LogP contribution in [0.1, 0.15) is 35.3 Å². The molecule has 2 heteroatoms. The topological polar surface area (TPSA) is 40.5 Å². The van der Waals surface area contributed by atoms with E-state index < -0.39 is 12.2 Å². The Hall–Kier alpha value is -1.64. The van der Waals surface area contributed by atoms with Gasteiger partial charge < -0.3 is 10.2 Å². The van der Waals surface area contributed by atoms with E-state index in [1.54, 1.807) is 0 Å². The van der Waals surface area contributed by atoms with Gasteiger partial charge in [-0.15, -0.1) is 0 Å². The molecule has 2 aromatic rings. The molecule has 0 spiro atoms. The minimum atomic E-state index is -0.638. The van der Waals surface area contributed by atoms with Gasteiger partial charge in [-0.1, -0.05) is 60.2 Å². The molecule has 0 fully saturated rings.